The highest BCUT2D eigenvalue weighted by Gasteiger charge is 2.37. The molecule has 4 rings (SSSR count). The highest BCUT2D eigenvalue weighted by molar-refractivity contribution is 5.89. The number of ether oxygens (including phenoxy) is 1. The van der Waals surface area contributed by atoms with Gasteiger partial charge in [-0.25, -0.2) is 0 Å². The molecule has 3 heterocycles. The first-order valence-corrected chi connectivity index (χ1v) is 10.5. The van der Waals surface area contributed by atoms with E-state index in [1.165, 1.54) is 5.56 Å². The van der Waals surface area contributed by atoms with Crippen molar-refractivity contribution in [2.24, 2.45) is 5.92 Å². The summed E-state index contributed by atoms with van der Waals surface area (Å²) in [4.78, 5) is 31.6. The first-order valence-electron chi connectivity index (χ1n) is 10.5. The number of likely N-dealkylation sites (tertiary alicyclic amines) is 1. The van der Waals surface area contributed by atoms with E-state index in [1.807, 2.05) is 9.80 Å². The molecule has 0 aliphatic carbocycles. The van der Waals surface area contributed by atoms with Crippen LogP contribution in [0.15, 0.2) is 24.3 Å². The maximum atomic E-state index is 12.9. The van der Waals surface area contributed by atoms with Crippen LogP contribution in [-0.2, 0) is 20.9 Å². The Labute approximate surface area is 167 Å². The summed E-state index contributed by atoms with van der Waals surface area (Å²) >= 11 is 0. The minimum atomic E-state index is -0.192. The third-order valence-corrected chi connectivity index (χ3v) is 6.23. The van der Waals surface area contributed by atoms with E-state index in [2.05, 4.69) is 36.1 Å². The van der Waals surface area contributed by atoms with Crippen LogP contribution in [0.3, 0.4) is 0 Å². The Balaban J connectivity index is 1.26. The van der Waals surface area contributed by atoms with Crippen molar-refractivity contribution >= 4 is 11.8 Å². The molecule has 6 nitrogen and oxygen atoms in total. The lowest BCUT2D eigenvalue weighted by Gasteiger charge is -2.36. The van der Waals surface area contributed by atoms with Crippen LogP contribution in [0.5, 0.6) is 0 Å². The average Bonchev–Trinajstić information content (AvgIpc) is 3.34. The van der Waals surface area contributed by atoms with Gasteiger partial charge in [-0.2, -0.15) is 0 Å². The second-order valence-corrected chi connectivity index (χ2v) is 8.42. The molecule has 1 aromatic rings. The molecule has 6 heteroatoms. The minimum absolute atomic E-state index is 0.0935. The molecule has 3 aliphatic rings. The average molecular weight is 386 g/mol. The Morgan fingerprint density at radius 3 is 2.57 bits per heavy atom. The standard InChI is InChI=1S/C22H31N3O3/c1-17-4-6-18(7-5-17)14-25-15-19(13-21(25)26)22(27)24-10-8-23(9-11-24)16-20-3-2-12-28-20/h4-7,19-20H,2-3,8-16H2,1H3. The van der Waals surface area contributed by atoms with Crippen molar-refractivity contribution in [3.05, 3.63) is 35.4 Å². The van der Waals surface area contributed by atoms with Gasteiger partial charge in [0.15, 0.2) is 0 Å². The molecule has 3 aliphatic heterocycles. The fourth-order valence-electron chi connectivity index (χ4n) is 4.49. The smallest absolute Gasteiger partial charge is 0.228 e. The Bertz CT molecular complexity index is 691. The summed E-state index contributed by atoms with van der Waals surface area (Å²) < 4.78 is 5.72. The maximum absolute atomic E-state index is 12.9. The monoisotopic (exact) mass is 385 g/mol. The van der Waals surface area contributed by atoms with Crippen molar-refractivity contribution < 1.29 is 14.3 Å². The molecule has 0 bridgehead atoms. The van der Waals surface area contributed by atoms with Crippen LogP contribution < -0.4 is 0 Å². The summed E-state index contributed by atoms with van der Waals surface area (Å²) in [5.74, 6) is 0.0510. The van der Waals surface area contributed by atoms with Gasteiger partial charge in [-0.15, -0.1) is 0 Å². The van der Waals surface area contributed by atoms with Crippen LogP contribution in [0.1, 0.15) is 30.4 Å². The molecule has 152 valence electrons. The lowest BCUT2D eigenvalue weighted by Crippen LogP contribution is -2.52. The van der Waals surface area contributed by atoms with E-state index >= 15 is 0 Å². The van der Waals surface area contributed by atoms with Crippen LogP contribution in [-0.4, -0.2) is 78.5 Å². The zero-order chi connectivity index (χ0) is 19.5. The molecule has 1 aromatic carbocycles. The lowest BCUT2D eigenvalue weighted by atomic mass is 10.1. The quantitative estimate of drug-likeness (QED) is 0.774. The number of amides is 2. The first kappa shape index (κ1) is 19.4. The van der Waals surface area contributed by atoms with Gasteiger partial charge >= 0.3 is 0 Å². The third kappa shape index (κ3) is 4.55. The SMILES string of the molecule is Cc1ccc(CN2CC(C(=O)N3CCN(CC4CCCO4)CC3)CC2=O)cc1. The van der Waals surface area contributed by atoms with E-state index in [4.69, 9.17) is 4.74 Å². The number of nitrogens with zero attached hydrogens (tertiary/aromatic N) is 3. The summed E-state index contributed by atoms with van der Waals surface area (Å²) in [5, 5.41) is 0. The summed E-state index contributed by atoms with van der Waals surface area (Å²) in [6.45, 7) is 8.38. The Hall–Kier alpha value is -1.92. The summed E-state index contributed by atoms with van der Waals surface area (Å²) in [6.07, 6.45) is 3.03. The molecule has 2 atom stereocenters. The van der Waals surface area contributed by atoms with E-state index < -0.39 is 0 Å². The van der Waals surface area contributed by atoms with Gasteiger partial charge in [0.2, 0.25) is 11.8 Å². The normalized spacial score (nSPS) is 26.2. The first-order chi connectivity index (χ1) is 13.6. The molecule has 0 spiro atoms. The Morgan fingerprint density at radius 2 is 1.89 bits per heavy atom. The second kappa shape index (κ2) is 8.62. The van der Waals surface area contributed by atoms with Crippen LogP contribution in [0.2, 0.25) is 0 Å². The van der Waals surface area contributed by atoms with Gasteiger partial charge in [-0.1, -0.05) is 29.8 Å². The van der Waals surface area contributed by atoms with Gasteiger partial charge in [0.05, 0.1) is 12.0 Å². The highest BCUT2D eigenvalue weighted by Crippen LogP contribution is 2.23. The summed E-state index contributed by atoms with van der Waals surface area (Å²) in [6, 6.07) is 8.25. The fraction of sp³-hybridized carbons (Fsp3) is 0.636. The molecular weight excluding hydrogens is 354 g/mol. The molecule has 0 aromatic heterocycles. The van der Waals surface area contributed by atoms with E-state index in [0.29, 0.717) is 25.6 Å². The van der Waals surface area contributed by atoms with Crippen molar-refractivity contribution in [1.82, 2.24) is 14.7 Å². The second-order valence-electron chi connectivity index (χ2n) is 8.42. The molecule has 3 saturated heterocycles. The number of hydrogen-bond acceptors (Lipinski definition) is 4. The van der Waals surface area contributed by atoms with Crippen molar-refractivity contribution in [2.45, 2.75) is 38.8 Å². The summed E-state index contributed by atoms with van der Waals surface area (Å²) in [7, 11) is 0. The third-order valence-electron chi connectivity index (χ3n) is 6.23. The van der Waals surface area contributed by atoms with E-state index in [-0.39, 0.29) is 17.7 Å². The number of benzene rings is 1. The number of piperazine rings is 1. The van der Waals surface area contributed by atoms with Crippen molar-refractivity contribution in [3.8, 4) is 0 Å². The van der Waals surface area contributed by atoms with Gasteiger partial charge in [-0.05, 0) is 25.3 Å². The molecule has 2 amide bonds. The Morgan fingerprint density at radius 1 is 1.14 bits per heavy atom. The molecule has 28 heavy (non-hydrogen) atoms. The van der Waals surface area contributed by atoms with E-state index in [0.717, 1.165) is 57.7 Å². The maximum Gasteiger partial charge on any atom is 0.228 e. The van der Waals surface area contributed by atoms with Gasteiger partial charge in [0.1, 0.15) is 0 Å². The van der Waals surface area contributed by atoms with Crippen molar-refractivity contribution in [3.63, 3.8) is 0 Å². The van der Waals surface area contributed by atoms with Gasteiger partial charge < -0.3 is 14.5 Å². The lowest BCUT2D eigenvalue weighted by molar-refractivity contribution is -0.137. The topological polar surface area (TPSA) is 53.1 Å². The van der Waals surface area contributed by atoms with E-state index in [1.54, 1.807) is 0 Å². The molecular formula is C22H31N3O3. The van der Waals surface area contributed by atoms with Gasteiger partial charge in [0, 0.05) is 58.8 Å². The predicted molar refractivity (Wildman–Crippen MR) is 107 cm³/mol. The number of rotatable bonds is 5. The number of hydrogen-bond donors (Lipinski definition) is 0. The molecule has 0 radical (unpaired) electrons. The zero-order valence-electron chi connectivity index (χ0n) is 16.8. The number of carbonyl (C=O) groups is 2. The van der Waals surface area contributed by atoms with Gasteiger partial charge in [-0.3, -0.25) is 14.5 Å². The van der Waals surface area contributed by atoms with Crippen LogP contribution in [0.4, 0.5) is 0 Å². The zero-order valence-corrected chi connectivity index (χ0v) is 16.8. The fourth-order valence-corrected chi connectivity index (χ4v) is 4.49. The molecule has 0 N–H and O–H groups in total. The number of carbonyl (C=O) groups excluding carboxylic acids is 2. The molecule has 3 fully saturated rings. The largest absolute Gasteiger partial charge is 0.377 e. The van der Waals surface area contributed by atoms with Crippen LogP contribution in [0, 0.1) is 12.8 Å². The number of aryl methyl sites for hydroxylation is 1. The van der Waals surface area contributed by atoms with E-state index in [9.17, 15) is 9.59 Å². The van der Waals surface area contributed by atoms with Crippen LogP contribution in [0.25, 0.3) is 0 Å². The summed E-state index contributed by atoms with van der Waals surface area (Å²) in [5.41, 5.74) is 2.33. The predicted octanol–water partition coefficient (Wildman–Crippen LogP) is 1.67. The minimum Gasteiger partial charge on any atom is -0.377 e. The van der Waals surface area contributed by atoms with Crippen LogP contribution >= 0.6 is 0 Å². The Kier molecular flexibility index (Phi) is 5.97. The highest BCUT2D eigenvalue weighted by atomic mass is 16.5. The van der Waals surface area contributed by atoms with Crippen molar-refractivity contribution in [2.75, 3.05) is 45.9 Å². The van der Waals surface area contributed by atoms with Crippen molar-refractivity contribution in [1.29, 1.82) is 0 Å². The molecule has 0 saturated carbocycles. The molecule has 2 unspecified atom stereocenters. The van der Waals surface area contributed by atoms with Gasteiger partial charge in [0.25, 0.3) is 0 Å².